The van der Waals surface area contributed by atoms with E-state index in [0.29, 0.717) is 29.5 Å². The number of nitrogens with zero attached hydrogens (tertiary/aromatic N) is 2. The molecule has 0 amide bonds. The van der Waals surface area contributed by atoms with Crippen LogP contribution in [0.1, 0.15) is 77.0 Å². The number of guanidine groups is 1. The maximum absolute atomic E-state index is 11.8. The Kier molecular flexibility index (Phi) is 6.00. The number of sulfone groups is 1. The molecule has 2 aliphatic heterocycles. The van der Waals surface area contributed by atoms with Crippen LogP contribution in [0.15, 0.2) is 4.99 Å². The van der Waals surface area contributed by atoms with Gasteiger partial charge in [-0.1, -0.05) is 38.5 Å². The zero-order chi connectivity index (χ0) is 18.7. The standard InChI is InChI=1S/C21H37N3O2S/c25-27(26)14-9-18(16-27)15-22-20(23-19-7-3-1-4-8-19)24-13-12-21(17-24)10-5-2-6-11-21/h18-19H,1-17H2,(H,22,23). The first-order valence-corrected chi connectivity index (χ1v) is 13.1. The van der Waals surface area contributed by atoms with Crippen LogP contribution < -0.4 is 5.32 Å². The maximum atomic E-state index is 11.8. The van der Waals surface area contributed by atoms with Gasteiger partial charge in [-0.15, -0.1) is 0 Å². The van der Waals surface area contributed by atoms with E-state index in [1.54, 1.807) is 0 Å². The Balaban J connectivity index is 1.43. The number of likely N-dealkylation sites (tertiary alicyclic amines) is 1. The van der Waals surface area contributed by atoms with E-state index in [-0.39, 0.29) is 5.92 Å². The highest BCUT2D eigenvalue weighted by Gasteiger charge is 2.40. The summed E-state index contributed by atoms with van der Waals surface area (Å²) < 4.78 is 23.6. The molecule has 4 fully saturated rings. The highest BCUT2D eigenvalue weighted by molar-refractivity contribution is 7.91. The van der Waals surface area contributed by atoms with Crippen molar-refractivity contribution < 1.29 is 8.42 Å². The van der Waals surface area contributed by atoms with Crippen LogP contribution in [0.5, 0.6) is 0 Å². The van der Waals surface area contributed by atoms with Crippen molar-refractivity contribution in [1.82, 2.24) is 10.2 Å². The third-order valence-electron chi connectivity index (χ3n) is 7.42. The summed E-state index contributed by atoms with van der Waals surface area (Å²) in [5.74, 6) is 1.97. The fourth-order valence-corrected chi connectivity index (χ4v) is 7.57. The molecule has 1 N–H and O–H groups in total. The second-order valence-corrected chi connectivity index (χ2v) is 11.9. The monoisotopic (exact) mass is 395 g/mol. The van der Waals surface area contributed by atoms with Crippen LogP contribution in [0.25, 0.3) is 0 Å². The Bertz CT molecular complexity index is 634. The average Bonchev–Trinajstić information content (AvgIpc) is 3.23. The first kappa shape index (κ1) is 19.5. The van der Waals surface area contributed by atoms with Crippen molar-refractivity contribution in [1.29, 1.82) is 0 Å². The zero-order valence-electron chi connectivity index (χ0n) is 16.8. The molecule has 0 aromatic rings. The summed E-state index contributed by atoms with van der Waals surface area (Å²) >= 11 is 0. The van der Waals surface area contributed by atoms with Gasteiger partial charge >= 0.3 is 0 Å². The molecule has 2 saturated carbocycles. The summed E-state index contributed by atoms with van der Waals surface area (Å²) in [5.41, 5.74) is 0.518. The molecule has 2 aliphatic carbocycles. The van der Waals surface area contributed by atoms with E-state index in [2.05, 4.69) is 10.2 Å². The zero-order valence-corrected chi connectivity index (χ0v) is 17.6. The van der Waals surface area contributed by atoms with Gasteiger partial charge in [0.1, 0.15) is 0 Å². The van der Waals surface area contributed by atoms with Crippen LogP contribution in [0.3, 0.4) is 0 Å². The van der Waals surface area contributed by atoms with Gasteiger partial charge in [0.25, 0.3) is 0 Å². The molecule has 5 nitrogen and oxygen atoms in total. The SMILES string of the molecule is O=S1(=O)CCC(CN=C(NC2CCCCC2)N2CCC3(CCCCC3)C2)C1. The minimum atomic E-state index is -2.82. The van der Waals surface area contributed by atoms with Crippen LogP contribution in [-0.2, 0) is 9.84 Å². The Labute approximate surface area is 165 Å². The summed E-state index contributed by atoms with van der Waals surface area (Å²) in [6.07, 6.45) is 15.5. The van der Waals surface area contributed by atoms with Crippen molar-refractivity contribution in [3.05, 3.63) is 0 Å². The van der Waals surface area contributed by atoms with Crippen LogP contribution in [0, 0.1) is 11.3 Å². The lowest BCUT2D eigenvalue weighted by atomic mass is 9.73. The molecule has 4 aliphatic rings. The molecule has 4 rings (SSSR count). The molecule has 2 heterocycles. The number of nitrogens with one attached hydrogen (secondary N) is 1. The normalized spacial score (nSPS) is 31.5. The summed E-state index contributed by atoms with van der Waals surface area (Å²) in [7, 11) is -2.82. The van der Waals surface area contributed by atoms with E-state index in [4.69, 9.17) is 4.99 Å². The Morgan fingerprint density at radius 3 is 2.44 bits per heavy atom. The second kappa shape index (κ2) is 8.30. The Morgan fingerprint density at radius 1 is 1.00 bits per heavy atom. The summed E-state index contributed by atoms with van der Waals surface area (Å²) in [4.78, 5) is 7.50. The molecule has 154 valence electrons. The van der Waals surface area contributed by atoms with Crippen LogP contribution in [0.4, 0.5) is 0 Å². The van der Waals surface area contributed by atoms with E-state index in [1.165, 1.54) is 70.6 Å². The van der Waals surface area contributed by atoms with Crippen molar-refractivity contribution in [3.63, 3.8) is 0 Å². The molecule has 2 saturated heterocycles. The van der Waals surface area contributed by atoms with Gasteiger partial charge in [-0.05, 0) is 49.9 Å². The number of hydrogen-bond acceptors (Lipinski definition) is 3. The number of hydrogen-bond donors (Lipinski definition) is 1. The third kappa shape index (κ3) is 4.99. The van der Waals surface area contributed by atoms with Gasteiger partial charge in [-0.2, -0.15) is 0 Å². The Hall–Kier alpha value is -0.780. The van der Waals surface area contributed by atoms with Gasteiger partial charge in [0, 0.05) is 25.7 Å². The molecule has 0 radical (unpaired) electrons. The van der Waals surface area contributed by atoms with E-state index in [1.807, 2.05) is 0 Å². The molecule has 1 unspecified atom stereocenters. The van der Waals surface area contributed by atoms with Crippen molar-refractivity contribution in [2.45, 2.75) is 83.1 Å². The first-order chi connectivity index (χ1) is 13.0. The quantitative estimate of drug-likeness (QED) is 0.588. The molecule has 6 heteroatoms. The fraction of sp³-hybridized carbons (Fsp3) is 0.952. The lowest BCUT2D eigenvalue weighted by Gasteiger charge is -2.34. The van der Waals surface area contributed by atoms with E-state index >= 15 is 0 Å². The third-order valence-corrected chi connectivity index (χ3v) is 9.25. The van der Waals surface area contributed by atoms with Crippen molar-refractivity contribution in [2.75, 3.05) is 31.1 Å². The highest BCUT2D eigenvalue weighted by Crippen LogP contribution is 2.43. The van der Waals surface area contributed by atoms with Crippen molar-refractivity contribution in [2.24, 2.45) is 16.3 Å². The second-order valence-electron chi connectivity index (χ2n) is 9.64. The molecule has 0 aromatic carbocycles. The van der Waals surface area contributed by atoms with E-state index in [0.717, 1.165) is 25.5 Å². The van der Waals surface area contributed by atoms with E-state index < -0.39 is 9.84 Å². The predicted molar refractivity (Wildman–Crippen MR) is 111 cm³/mol. The smallest absolute Gasteiger partial charge is 0.194 e. The van der Waals surface area contributed by atoms with Gasteiger partial charge < -0.3 is 10.2 Å². The maximum Gasteiger partial charge on any atom is 0.194 e. The van der Waals surface area contributed by atoms with E-state index in [9.17, 15) is 8.42 Å². The minimum absolute atomic E-state index is 0.212. The van der Waals surface area contributed by atoms with Crippen molar-refractivity contribution >= 4 is 15.8 Å². The van der Waals surface area contributed by atoms with Crippen LogP contribution in [-0.4, -0.2) is 56.5 Å². The first-order valence-electron chi connectivity index (χ1n) is 11.3. The van der Waals surface area contributed by atoms with Gasteiger partial charge in [-0.3, -0.25) is 4.99 Å². The largest absolute Gasteiger partial charge is 0.354 e. The van der Waals surface area contributed by atoms with Gasteiger partial charge in [0.05, 0.1) is 11.5 Å². The Morgan fingerprint density at radius 2 is 1.74 bits per heavy atom. The summed E-state index contributed by atoms with van der Waals surface area (Å²) in [6.45, 7) is 2.92. The number of aliphatic imine (C=N–C) groups is 1. The molecule has 0 aromatic heterocycles. The highest BCUT2D eigenvalue weighted by atomic mass is 32.2. The topological polar surface area (TPSA) is 61.8 Å². The average molecular weight is 396 g/mol. The molecular weight excluding hydrogens is 358 g/mol. The molecular formula is C21H37N3O2S. The number of rotatable bonds is 3. The molecule has 0 bridgehead atoms. The molecule has 1 atom stereocenters. The van der Waals surface area contributed by atoms with Crippen LogP contribution >= 0.6 is 0 Å². The lowest BCUT2D eigenvalue weighted by molar-refractivity contribution is 0.202. The summed E-state index contributed by atoms with van der Waals surface area (Å²) in [5, 5.41) is 3.79. The van der Waals surface area contributed by atoms with Gasteiger partial charge in [-0.25, -0.2) is 8.42 Å². The summed E-state index contributed by atoms with van der Waals surface area (Å²) in [6, 6.07) is 0.549. The van der Waals surface area contributed by atoms with Crippen LogP contribution in [0.2, 0.25) is 0 Å². The lowest BCUT2D eigenvalue weighted by Crippen LogP contribution is -2.47. The molecule has 1 spiro atoms. The van der Waals surface area contributed by atoms with Crippen molar-refractivity contribution in [3.8, 4) is 0 Å². The van der Waals surface area contributed by atoms with Gasteiger partial charge in [0.2, 0.25) is 0 Å². The fourth-order valence-electron chi connectivity index (χ4n) is 5.72. The minimum Gasteiger partial charge on any atom is -0.354 e. The molecule has 27 heavy (non-hydrogen) atoms. The predicted octanol–water partition coefficient (Wildman–Crippen LogP) is 3.36. The van der Waals surface area contributed by atoms with Gasteiger partial charge in [0.15, 0.2) is 15.8 Å².